The van der Waals surface area contributed by atoms with Gasteiger partial charge in [-0.05, 0) is 30.5 Å². The summed E-state index contributed by atoms with van der Waals surface area (Å²) in [6, 6.07) is 4.81. The lowest BCUT2D eigenvalue weighted by Gasteiger charge is -2.07. The number of nitrogens with two attached hydrogens (primary N) is 2. The van der Waals surface area contributed by atoms with Gasteiger partial charge in [0.05, 0.1) is 12.2 Å². The van der Waals surface area contributed by atoms with Crippen LogP contribution in [0.4, 0.5) is 11.4 Å². The third kappa shape index (κ3) is 2.66. The summed E-state index contributed by atoms with van der Waals surface area (Å²) in [4.78, 5) is 11.6. The molecule has 0 heterocycles. The van der Waals surface area contributed by atoms with Crippen LogP contribution in [0.2, 0.25) is 0 Å². The van der Waals surface area contributed by atoms with Crippen LogP contribution in [0, 0.1) is 5.92 Å². The molecule has 1 aliphatic carbocycles. The van der Waals surface area contributed by atoms with Crippen LogP contribution in [0.5, 0.6) is 0 Å². The molecule has 0 atom stereocenters. The van der Waals surface area contributed by atoms with E-state index in [9.17, 15) is 4.79 Å². The van der Waals surface area contributed by atoms with Gasteiger partial charge in [-0.2, -0.15) is 0 Å². The molecule has 0 saturated heterocycles. The second-order valence-corrected chi connectivity index (χ2v) is 4.21. The molecule has 1 aromatic rings. The van der Waals surface area contributed by atoms with E-state index in [1.54, 1.807) is 18.2 Å². The van der Waals surface area contributed by atoms with E-state index in [0.717, 1.165) is 12.3 Å². The van der Waals surface area contributed by atoms with E-state index in [1.807, 2.05) is 0 Å². The standard InChI is InChI=1S/C12H16N2O2/c13-9-3-4-10(11(14)7-9)12(15)16-6-5-8-1-2-8/h3-4,7-8H,1-2,5-6,13-14H2. The molecule has 0 bridgehead atoms. The summed E-state index contributed by atoms with van der Waals surface area (Å²) >= 11 is 0. The second kappa shape index (κ2) is 4.43. The van der Waals surface area contributed by atoms with Gasteiger partial charge in [-0.1, -0.05) is 12.8 Å². The maximum Gasteiger partial charge on any atom is 0.340 e. The number of nitrogen functional groups attached to an aromatic ring is 2. The van der Waals surface area contributed by atoms with Crippen LogP contribution >= 0.6 is 0 Å². The maximum absolute atomic E-state index is 11.6. The predicted octanol–water partition coefficient (Wildman–Crippen LogP) is 1.81. The Balaban J connectivity index is 1.91. The monoisotopic (exact) mass is 220 g/mol. The van der Waals surface area contributed by atoms with Crippen LogP contribution in [0.1, 0.15) is 29.6 Å². The van der Waals surface area contributed by atoms with E-state index in [4.69, 9.17) is 16.2 Å². The number of hydrogen-bond acceptors (Lipinski definition) is 4. The summed E-state index contributed by atoms with van der Waals surface area (Å²) in [7, 11) is 0. The number of carbonyl (C=O) groups excluding carboxylic acids is 1. The first-order valence-electron chi connectivity index (χ1n) is 5.49. The summed E-state index contributed by atoms with van der Waals surface area (Å²) in [5.41, 5.74) is 12.5. The maximum atomic E-state index is 11.6. The average molecular weight is 220 g/mol. The zero-order valence-corrected chi connectivity index (χ0v) is 9.11. The molecule has 0 spiro atoms. The Hall–Kier alpha value is -1.71. The Morgan fingerprint density at radius 2 is 2.12 bits per heavy atom. The van der Waals surface area contributed by atoms with Crippen LogP contribution in [0.3, 0.4) is 0 Å². The highest BCUT2D eigenvalue weighted by atomic mass is 16.5. The van der Waals surface area contributed by atoms with E-state index < -0.39 is 0 Å². The first kappa shape index (κ1) is 10.8. The molecule has 0 unspecified atom stereocenters. The lowest BCUT2D eigenvalue weighted by atomic mass is 10.1. The van der Waals surface area contributed by atoms with Gasteiger partial charge >= 0.3 is 5.97 Å². The Kier molecular flexibility index (Phi) is 2.99. The molecule has 1 aliphatic rings. The molecular formula is C12H16N2O2. The van der Waals surface area contributed by atoms with Crippen molar-refractivity contribution >= 4 is 17.3 Å². The van der Waals surface area contributed by atoms with Crippen molar-refractivity contribution < 1.29 is 9.53 Å². The SMILES string of the molecule is Nc1ccc(C(=O)OCCC2CC2)c(N)c1. The lowest BCUT2D eigenvalue weighted by molar-refractivity contribution is 0.0496. The van der Waals surface area contributed by atoms with E-state index in [0.29, 0.717) is 23.5 Å². The van der Waals surface area contributed by atoms with E-state index in [-0.39, 0.29) is 5.97 Å². The van der Waals surface area contributed by atoms with Gasteiger partial charge in [0, 0.05) is 11.4 Å². The van der Waals surface area contributed by atoms with Crippen LogP contribution in [0.25, 0.3) is 0 Å². The number of hydrogen-bond donors (Lipinski definition) is 2. The van der Waals surface area contributed by atoms with Crippen molar-refractivity contribution in [2.24, 2.45) is 5.92 Å². The zero-order valence-electron chi connectivity index (χ0n) is 9.11. The number of anilines is 2. The van der Waals surface area contributed by atoms with Crippen molar-refractivity contribution in [2.45, 2.75) is 19.3 Å². The summed E-state index contributed by atoms with van der Waals surface area (Å²) < 4.78 is 5.14. The van der Waals surface area contributed by atoms with Gasteiger partial charge in [-0.25, -0.2) is 4.79 Å². The molecule has 4 N–H and O–H groups in total. The van der Waals surface area contributed by atoms with Crippen molar-refractivity contribution in [3.8, 4) is 0 Å². The number of rotatable bonds is 4. The molecular weight excluding hydrogens is 204 g/mol. The number of esters is 1. The Labute approximate surface area is 94.6 Å². The molecule has 4 heteroatoms. The van der Waals surface area contributed by atoms with Crippen LogP contribution < -0.4 is 11.5 Å². The molecule has 0 aliphatic heterocycles. The summed E-state index contributed by atoms with van der Waals surface area (Å²) in [5.74, 6) is 0.398. The van der Waals surface area contributed by atoms with Gasteiger partial charge in [-0.15, -0.1) is 0 Å². The van der Waals surface area contributed by atoms with Crippen LogP contribution in [-0.4, -0.2) is 12.6 Å². The fraction of sp³-hybridized carbons (Fsp3) is 0.417. The summed E-state index contributed by atoms with van der Waals surface area (Å²) in [6.07, 6.45) is 3.49. The molecule has 4 nitrogen and oxygen atoms in total. The van der Waals surface area contributed by atoms with Crippen LogP contribution in [0.15, 0.2) is 18.2 Å². The second-order valence-electron chi connectivity index (χ2n) is 4.21. The molecule has 1 saturated carbocycles. The molecule has 2 rings (SSSR count). The highest BCUT2D eigenvalue weighted by Gasteiger charge is 2.21. The van der Waals surface area contributed by atoms with E-state index >= 15 is 0 Å². The summed E-state index contributed by atoms with van der Waals surface area (Å²) in [5, 5.41) is 0. The zero-order chi connectivity index (χ0) is 11.5. The highest BCUT2D eigenvalue weighted by Crippen LogP contribution is 2.32. The third-order valence-corrected chi connectivity index (χ3v) is 2.75. The first-order valence-corrected chi connectivity index (χ1v) is 5.49. The molecule has 16 heavy (non-hydrogen) atoms. The normalized spacial score (nSPS) is 14.8. The minimum Gasteiger partial charge on any atom is -0.462 e. The molecule has 0 amide bonds. The quantitative estimate of drug-likeness (QED) is 0.599. The van der Waals surface area contributed by atoms with Gasteiger partial charge < -0.3 is 16.2 Å². The Morgan fingerprint density at radius 3 is 2.75 bits per heavy atom. The van der Waals surface area contributed by atoms with Crippen molar-refractivity contribution in [1.82, 2.24) is 0 Å². The smallest absolute Gasteiger partial charge is 0.340 e. The average Bonchev–Trinajstić information content (AvgIpc) is 3.01. The summed E-state index contributed by atoms with van der Waals surface area (Å²) in [6.45, 7) is 0.479. The van der Waals surface area contributed by atoms with Gasteiger partial charge in [0.25, 0.3) is 0 Å². The van der Waals surface area contributed by atoms with Gasteiger partial charge in [0.1, 0.15) is 0 Å². The van der Waals surface area contributed by atoms with Crippen molar-refractivity contribution in [1.29, 1.82) is 0 Å². The number of ether oxygens (including phenoxy) is 1. The van der Waals surface area contributed by atoms with Crippen molar-refractivity contribution in [3.63, 3.8) is 0 Å². The molecule has 86 valence electrons. The number of carbonyl (C=O) groups is 1. The first-order chi connectivity index (χ1) is 7.66. The minimum absolute atomic E-state index is 0.363. The van der Waals surface area contributed by atoms with E-state index in [2.05, 4.69) is 0 Å². The van der Waals surface area contributed by atoms with Crippen molar-refractivity contribution in [2.75, 3.05) is 18.1 Å². The lowest BCUT2D eigenvalue weighted by Crippen LogP contribution is -2.09. The van der Waals surface area contributed by atoms with Gasteiger partial charge in [0.2, 0.25) is 0 Å². The third-order valence-electron chi connectivity index (χ3n) is 2.75. The topological polar surface area (TPSA) is 78.3 Å². The molecule has 1 fully saturated rings. The largest absolute Gasteiger partial charge is 0.462 e. The fourth-order valence-electron chi connectivity index (χ4n) is 1.57. The highest BCUT2D eigenvalue weighted by molar-refractivity contribution is 5.95. The van der Waals surface area contributed by atoms with Gasteiger partial charge in [0.15, 0.2) is 0 Å². The minimum atomic E-state index is -0.363. The van der Waals surface area contributed by atoms with Crippen molar-refractivity contribution in [3.05, 3.63) is 23.8 Å². The molecule has 0 radical (unpaired) electrons. The number of benzene rings is 1. The van der Waals surface area contributed by atoms with Crippen LogP contribution in [-0.2, 0) is 4.74 Å². The van der Waals surface area contributed by atoms with E-state index in [1.165, 1.54) is 12.8 Å². The Morgan fingerprint density at radius 1 is 1.38 bits per heavy atom. The Bertz CT molecular complexity index is 400. The predicted molar refractivity (Wildman–Crippen MR) is 62.9 cm³/mol. The fourth-order valence-corrected chi connectivity index (χ4v) is 1.57. The molecule has 0 aromatic heterocycles. The molecule has 1 aromatic carbocycles. The van der Waals surface area contributed by atoms with Gasteiger partial charge in [-0.3, -0.25) is 0 Å².